The molecule has 1 amide bonds. The van der Waals surface area contributed by atoms with Gasteiger partial charge in [0.2, 0.25) is 0 Å². The molecule has 1 heterocycles. The van der Waals surface area contributed by atoms with Gasteiger partial charge in [0.05, 0.1) is 26.7 Å². The molecule has 138 valence electrons. The van der Waals surface area contributed by atoms with Crippen LogP contribution in [0.15, 0.2) is 61.1 Å². The van der Waals surface area contributed by atoms with E-state index in [1.54, 1.807) is 29.1 Å². The van der Waals surface area contributed by atoms with Gasteiger partial charge in [-0.2, -0.15) is 0 Å². The number of hydrogen-bond acceptors (Lipinski definition) is 5. The molecule has 0 spiro atoms. The second kappa shape index (κ2) is 8.18. The van der Waals surface area contributed by atoms with Crippen molar-refractivity contribution in [2.45, 2.75) is 6.54 Å². The van der Waals surface area contributed by atoms with E-state index in [0.29, 0.717) is 17.0 Å². The van der Waals surface area contributed by atoms with Crippen molar-refractivity contribution in [3.8, 4) is 11.4 Å². The number of ether oxygens (including phenoxy) is 2. The first-order chi connectivity index (χ1) is 13.1. The van der Waals surface area contributed by atoms with Crippen LogP contribution in [-0.4, -0.2) is 35.6 Å². The molecule has 27 heavy (non-hydrogen) atoms. The molecule has 0 aliphatic carbocycles. The van der Waals surface area contributed by atoms with E-state index >= 15 is 0 Å². The number of imidazole rings is 1. The highest BCUT2D eigenvalue weighted by molar-refractivity contribution is 5.94. The summed E-state index contributed by atoms with van der Waals surface area (Å²) in [5.41, 5.74) is 2.32. The van der Waals surface area contributed by atoms with Crippen molar-refractivity contribution in [2.24, 2.45) is 0 Å². The molecule has 0 aliphatic rings. The number of benzene rings is 2. The maximum absolute atomic E-state index is 12.6. The summed E-state index contributed by atoms with van der Waals surface area (Å²) in [5, 5.41) is 2.84. The highest BCUT2D eigenvalue weighted by Gasteiger charge is 2.15. The molecular formula is C20H19N3O4. The fraction of sp³-hybridized carbons (Fsp3) is 0.150. The summed E-state index contributed by atoms with van der Waals surface area (Å²) >= 11 is 0. The Balaban J connectivity index is 1.76. The van der Waals surface area contributed by atoms with Gasteiger partial charge in [0.1, 0.15) is 17.0 Å². The number of carbonyl (C=O) groups excluding carboxylic acids is 2. The van der Waals surface area contributed by atoms with Crippen LogP contribution in [0.1, 0.15) is 26.4 Å². The Bertz CT molecular complexity index is 951. The van der Waals surface area contributed by atoms with E-state index in [0.717, 1.165) is 11.3 Å². The maximum Gasteiger partial charge on any atom is 0.341 e. The summed E-state index contributed by atoms with van der Waals surface area (Å²) in [6, 6.07) is 14.6. The zero-order valence-corrected chi connectivity index (χ0v) is 15.0. The van der Waals surface area contributed by atoms with Crippen molar-refractivity contribution in [1.29, 1.82) is 0 Å². The molecule has 0 aliphatic heterocycles. The van der Waals surface area contributed by atoms with E-state index in [9.17, 15) is 9.59 Å². The molecule has 1 N–H and O–H groups in total. The van der Waals surface area contributed by atoms with Crippen LogP contribution in [0.3, 0.4) is 0 Å². The molecule has 3 rings (SSSR count). The summed E-state index contributed by atoms with van der Waals surface area (Å²) < 4.78 is 11.6. The van der Waals surface area contributed by atoms with Crippen molar-refractivity contribution in [1.82, 2.24) is 14.9 Å². The molecular weight excluding hydrogens is 346 g/mol. The van der Waals surface area contributed by atoms with Crippen LogP contribution >= 0.6 is 0 Å². The lowest BCUT2D eigenvalue weighted by Crippen LogP contribution is -2.25. The fourth-order valence-electron chi connectivity index (χ4n) is 2.66. The highest BCUT2D eigenvalue weighted by Crippen LogP contribution is 2.21. The van der Waals surface area contributed by atoms with Crippen molar-refractivity contribution < 1.29 is 19.1 Å². The van der Waals surface area contributed by atoms with Gasteiger partial charge < -0.3 is 14.8 Å². The van der Waals surface area contributed by atoms with Gasteiger partial charge in [-0.25, -0.2) is 9.78 Å². The Morgan fingerprint density at radius 2 is 1.89 bits per heavy atom. The quantitative estimate of drug-likeness (QED) is 0.679. The Morgan fingerprint density at radius 3 is 2.59 bits per heavy atom. The van der Waals surface area contributed by atoms with Gasteiger partial charge in [-0.15, -0.1) is 0 Å². The highest BCUT2D eigenvalue weighted by atomic mass is 16.5. The van der Waals surface area contributed by atoms with Crippen molar-refractivity contribution in [2.75, 3.05) is 14.2 Å². The number of esters is 1. The lowest BCUT2D eigenvalue weighted by molar-refractivity contribution is 0.0597. The maximum atomic E-state index is 12.6. The minimum absolute atomic E-state index is 0.243. The molecule has 2 aromatic carbocycles. The Hall–Kier alpha value is -3.61. The zero-order chi connectivity index (χ0) is 19.2. The minimum Gasteiger partial charge on any atom is -0.496 e. The van der Waals surface area contributed by atoms with E-state index in [1.807, 2.05) is 30.3 Å². The average Bonchev–Trinajstić information content (AvgIpc) is 3.22. The molecule has 1 aromatic heterocycles. The predicted molar refractivity (Wildman–Crippen MR) is 99.1 cm³/mol. The first-order valence-corrected chi connectivity index (χ1v) is 8.25. The van der Waals surface area contributed by atoms with Crippen LogP contribution < -0.4 is 10.1 Å². The third-order valence-electron chi connectivity index (χ3n) is 4.03. The van der Waals surface area contributed by atoms with E-state index < -0.39 is 5.97 Å². The van der Waals surface area contributed by atoms with E-state index in [2.05, 4.69) is 10.3 Å². The summed E-state index contributed by atoms with van der Waals surface area (Å²) in [4.78, 5) is 28.5. The molecule has 0 fully saturated rings. The molecule has 7 nitrogen and oxygen atoms in total. The van der Waals surface area contributed by atoms with Crippen LogP contribution in [0.25, 0.3) is 5.69 Å². The molecule has 0 atom stereocenters. The first kappa shape index (κ1) is 18.2. The van der Waals surface area contributed by atoms with E-state index in [1.165, 1.54) is 20.4 Å². The first-order valence-electron chi connectivity index (χ1n) is 8.25. The Kier molecular flexibility index (Phi) is 5.51. The fourth-order valence-corrected chi connectivity index (χ4v) is 2.66. The van der Waals surface area contributed by atoms with E-state index in [-0.39, 0.29) is 12.5 Å². The van der Waals surface area contributed by atoms with Crippen molar-refractivity contribution in [3.05, 3.63) is 77.9 Å². The number of aromatic nitrogens is 2. The number of hydrogen-bond donors (Lipinski definition) is 1. The topological polar surface area (TPSA) is 82.5 Å². The molecule has 0 unspecified atom stereocenters. The van der Waals surface area contributed by atoms with Gasteiger partial charge in [-0.1, -0.05) is 24.3 Å². The van der Waals surface area contributed by atoms with Crippen LogP contribution in [0.2, 0.25) is 0 Å². The number of rotatable bonds is 6. The van der Waals surface area contributed by atoms with Crippen LogP contribution in [0.5, 0.6) is 5.75 Å². The number of nitrogens with zero attached hydrogens (tertiary/aromatic N) is 2. The molecule has 0 bridgehead atoms. The average molecular weight is 365 g/mol. The van der Waals surface area contributed by atoms with Gasteiger partial charge in [0, 0.05) is 12.2 Å². The monoisotopic (exact) mass is 365 g/mol. The minimum atomic E-state index is -0.498. The lowest BCUT2D eigenvalue weighted by atomic mass is 10.1. The second-order valence-corrected chi connectivity index (χ2v) is 5.69. The van der Waals surface area contributed by atoms with Crippen molar-refractivity contribution >= 4 is 11.9 Å². The number of methoxy groups -OCH3 is 2. The van der Waals surface area contributed by atoms with Crippen LogP contribution in [0.4, 0.5) is 0 Å². The van der Waals surface area contributed by atoms with Gasteiger partial charge >= 0.3 is 5.97 Å². The predicted octanol–water partition coefficient (Wildman–Crippen LogP) is 2.60. The van der Waals surface area contributed by atoms with Crippen LogP contribution in [0, 0.1) is 0 Å². The van der Waals surface area contributed by atoms with Gasteiger partial charge in [-0.3, -0.25) is 9.36 Å². The van der Waals surface area contributed by atoms with Gasteiger partial charge in [-0.05, 0) is 29.8 Å². The second-order valence-electron chi connectivity index (χ2n) is 5.69. The Morgan fingerprint density at radius 1 is 1.11 bits per heavy atom. The van der Waals surface area contributed by atoms with Crippen LogP contribution in [-0.2, 0) is 11.3 Å². The number of nitrogens with one attached hydrogen (secondary N) is 1. The van der Waals surface area contributed by atoms with Gasteiger partial charge in [0.25, 0.3) is 5.91 Å². The molecule has 0 saturated heterocycles. The summed E-state index contributed by atoms with van der Waals surface area (Å²) in [5.74, 6) is -0.354. The number of para-hydroxylation sites is 1. The molecule has 0 saturated carbocycles. The summed E-state index contributed by atoms with van der Waals surface area (Å²) in [7, 11) is 2.79. The SMILES string of the molecule is COC(=O)c1cc(CNC(=O)c2cncn2-c2ccccc2)ccc1OC. The standard InChI is InChI=1S/C20H19N3O4/c1-26-18-9-8-14(10-16(18)20(25)27-2)11-22-19(24)17-12-21-13-23(17)15-6-4-3-5-7-15/h3-10,12-13H,11H2,1-2H3,(H,22,24). The van der Waals surface area contributed by atoms with Gasteiger partial charge in [0.15, 0.2) is 0 Å². The third kappa shape index (κ3) is 3.98. The summed E-state index contributed by atoms with van der Waals surface area (Å²) in [6.07, 6.45) is 3.10. The summed E-state index contributed by atoms with van der Waals surface area (Å²) in [6.45, 7) is 0.243. The lowest BCUT2D eigenvalue weighted by Gasteiger charge is -2.11. The normalized spacial score (nSPS) is 10.3. The van der Waals surface area contributed by atoms with Crippen molar-refractivity contribution in [3.63, 3.8) is 0 Å². The Labute approximate surface area is 156 Å². The number of amides is 1. The smallest absolute Gasteiger partial charge is 0.341 e. The van der Waals surface area contributed by atoms with E-state index in [4.69, 9.17) is 9.47 Å². The molecule has 3 aromatic rings. The molecule has 7 heteroatoms. The number of carbonyl (C=O) groups is 2. The largest absolute Gasteiger partial charge is 0.496 e. The zero-order valence-electron chi connectivity index (χ0n) is 15.0. The molecule has 0 radical (unpaired) electrons. The third-order valence-corrected chi connectivity index (χ3v) is 4.03.